The predicted octanol–water partition coefficient (Wildman–Crippen LogP) is 4.64. The third-order valence-corrected chi connectivity index (χ3v) is 4.67. The van der Waals surface area contributed by atoms with Gasteiger partial charge in [0.1, 0.15) is 11.6 Å². The summed E-state index contributed by atoms with van der Waals surface area (Å²) in [5, 5.41) is 15.0. The van der Waals surface area contributed by atoms with Crippen molar-refractivity contribution in [2.75, 3.05) is 0 Å². The molecule has 144 valence electrons. The Hall–Kier alpha value is -3.06. The number of hydrogen-bond donors (Lipinski definition) is 1. The number of carbonyl (C=O) groups is 1. The molecule has 4 rings (SSSR count). The number of pyridine rings is 1. The van der Waals surface area contributed by atoms with Gasteiger partial charge >= 0.3 is 6.16 Å². The van der Waals surface area contributed by atoms with E-state index in [9.17, 15) is 4.79 Å². The molecule has 0 saturated heterocycles. The molecule has 7 nitrogen and oxygen atoms in total. The lowest BCUT2D eigenvalue weighted by atomic mass is 10.1. The number of hydrogen-bond acceptors (Lipinski definition) is 4. The minimum Gasteiger partial charge on any atom is -0.449 e. The summed E-state index contributed by atoms with van der Waals surface area (Å²) < 4.78 is 8.63. The first kappa shape index (κ1) is 18.3. The third kappa shape index (κ3) is 3.53. The second-order valence-electron chi connectivity index (χ2n) is 7.10. The quantitative estimate of drug-likeness (QED) is 0.495. The second-order valence-corrected chi connectivity index (χ2v) is 7.54. The summed E-state index contributed by atoms with van der Waals surface area (Å²) >= 11 is 6.33. The van der Waals surface area contributed by atoms with Gasteiger partial charge in [0.25, 0.3) is 0 Å². The maximum atomic E-state index is 10.7. The third-order valence-electron chi connectivity index (χ3n) is 4.45. The van der Waals surface area contributed by atoms with Crippen LogP contribution in [0.3, 0.4) is 0 Å². The molecule has 0 saturated carbocycles. The number of ether oxygens (including phenoxy) is 1. The Balaban J connectivity index is 1.75. The van der Waals surface area contributed by atoms with Gasteiger partial charge in [0.15, 0.2) is 0 Å². The van der Waals surface area contributed by atoms with Crippen LogP contribution >= 0.6 is 11.6 Å². The van der Waals surface area contributed by atoms with E-state index in [0.29, 0.717) is 17.4 Å². The van der Waals surface area contributed by atoms with Crippen LogP contribution in [0, 0.1) is 5.92 Å². The molecular weight excluding hydrogens is 380 g/mol. The van der Waals surface area contributed by atoms with Crippen molar-refractivity contribution in [3.05, 3.63) is 59.3 Å². The highest BCUT2D eigenvalue weighted by atomic mass is 35.5. The molecule has 28 heavy (non-hydrogen) atoms. The minimum absolute atomic E-state index is 0.256. The molecule has 0 aliphatic carbocycles. The minimum atomic E-state index is -1.34. The molecule has 0 aliphatic rings. The van der Waals surface area contributed by atoms with Gasteiger partial charge in [-0.2, -0.15) is 5.10 Å². The van der Waals surface area contributed by atoms with Crippen LogP contribution in [0.2, 0.25) is 5.02 Å². The monoisotopic (exact) mass is 398 g/mol. The number of carboxylic acid groups (broad SMARTS) is 1. The molecule has 0 unspecified atom stereocenters. The van der Waals surface area contributed by atoms with Gasteiger partial charge in [0.05, 0.1) is 23.4 Å². The van der Waals surface area contributed by atoms with Crippen molar-refractivity contribution in [2.45, 2.75) is 26.8 Å². The number of aromatic nitrogens is 4. The predicted molar refractivity (Wildman–Crippen MR) is 106 cm³/mol. The van der Waals surface area contributed by atoms with Crippen molar-refractivity contribution in [3.8, 4) is 5.75 Å². The van der Waals surface area contributed by atoms with Gasteiger partial charge < -0.3 is 14.2 Å². The summed E-state index contributed by atoms with van der Waals surface area (Å²) in [6, 6.07) is 7.11. The van der Waals surface area contributed by atoms with E-state index in [1.54, 1.807) is 24.5 Å². The van der Waals surface area contributed by atoms with Crippen LogP contribution in [0.4, 0.5) is 4.79 Å². The van der Waals surface area contributed by atoms with E-state index < -0.39 is 6.16 Å². The molecule has 8 heteroatoms. The summed E-state index contributed by atoms with van der Waals surface area (Å²) in [5.74, 6) is 1.54. The number of imidazole rings is 1. The first-order chi connectivity index (χ1) is 13.4. The standard InChI is InChI=1S/C20H19ClN4O3/c1-12(2)11-25-19-13(5-15(21)6-14(19)9-23-25)7-18-22-10-16-8-17(28-20(26)27)3-4-24(16)18/h3-6,8-10,12H,7,11H2,1-2H3,(H,26,27). The van der Waals surface area contributed by atoms with Crippen molar-refractivity contribution in [3.63, 3.8) is 0 Å². The van der Waals surface area contributed by atoms with Gasteiger partial charge in [0.2, 0.25) is 0 Å². The molecule has 0 atom stereocenters. The normalized spacial score (nSPS) is 11.6. The molecular formula is C20H19ClN4O3. The summed E-state index contributed by atoms with van der Waals surface area (Å²) in [7, 11) is 0. The number of benzene rings is 1. The van der Waals surface area contributed by atoms with Crippen LogP contribution in [0.1, 0.15) is 25.2 Å². The molecule has 3 aromatic heterocycles. The number of nitrogens with zero attached hydrogens (tertiary/aromatic N) is 4. The van der Waals surface area contributed by atoms with E-state index in [1.807, 2.05) is 27.4 Å². The Morgan fingerprint density at radius 3 is 2.86 bits per heavy atom. The Labute approximate surface area is 166 Å². The summed E-state index contributed by atoms with van der Waals surface area (Å²) in [6.45, 7) is 5.13. The molecule has 0 aliphatic heterocycles. The lowest BCUT2D eigenvalue weighted by Gasteiger charge is -2.11. The summed E-state index contributed by atoms with van der Waals surface area (Å²) in [4.78, 5) is 15.2. The fourth-order valence-electron chi connectivity index (χ4n) is 3.40. The lowest BCUT2D eigenvalue weighted by Crippen LogP contribution is -2.08. The maximum absolute atomic E-state index is 10.7. The van der Waals surface area contributed by atoms with Crippen LogP contribution in [-0.4, -0.2) is 30.4 Å². The number of fused-ring (bicyclic) bond motifs is 2. The van der Waals surface area contributed by atoms with Crippen molar-refractivity contribution < 1.29 is 14.6 Å². The van der Waals surface area contributed by atoms with Crippen LogP contribution in [0.25, 0.3) is 16.4 Å². The Morgan fingerprint density at radius 2 is 2.11 bits per heavy atom. The number of rotatable bonds is 5. The van der Waals surface area contributed by atoms with Crippen molar-refractivity contribution in [2.24, 2.45) is 5.92 Å². The van der Waals surface area contributed by atoms with E-state index in [-0.39, 0.29) is 5.75 Å². The first-order valence-corrected chi connectivity index (χ1v) is 9.29. The Bertz CT molecular complexity index is 1180. The van der Waals surface area contributed by atoms with Crippen LogP contribution in [-0.2, 0) is 13.0 Å². The smallest absolute Gasteiger partial charge is 0.449 e. The Kier molecular flexibility index (Phi) is 4.68. The maximum Gasteiger partial charge on any atom is 0.511 e. The zero-order valence-electron chi connectivity index (χ0n) is 15.5. The van der Waals surface area contributed by atoms with Gasteiger partial charge in [-0.3, -0.25) is 4.68 Å². The van der Waals surface area contributed by atoms with Crippen molar-refractivity contribution >= 4 is 34.2 Å². The highest BCUT2D eigenvalue weighted by Crippen LogP contribution is 2.27. The topological polar surface area (TPSA) is 81.6 Å². The van der Waals surface area contributed by atoms with Crippen molar-refractivity contribution in [1.29, 1.82) is 0 Å². The molecule has 1 N–H and O–H groups in total. The van der Waals surface area contributed by atoms with Gasteiger partial charge in [0, 0.05) is 35.6 Å². The van der Waals surface area contributed by atoms with E-state index in [1.165, 1.54) is 0 Å². The highest BCUT2D eigenvalue weighted by molar-refractivity contribution is 6.31. The molecule has 0 amide bonds. The average Bonchev–Trinajstić information content (AvgIpc) is 3.18. The van der Waals surface area contributed by atoms with E-state index in [0.717, 1.165) is 34.4 Å². The highest BCUT2D eigenvalue weighted by Gasteiger charge is 2.14. The van der Waals surface area contributed by atoms with Crippen molar-refractivity contribution in [1.82, 2.24) is 19.2 Å². The van der Waals surface area contributed by atoms with E-state index in [2.05, 4.69) is 23.9 Å². The average molecular weight is 399 g/mol. The summed E-state index contributed by atoms with van der Waals surface area (Å²) in [6.07, 6.45) is 4.50. The van der Waals surface area contributed by atoms with Gasteiger partial charge in [-0.25, -0.2) is 9.78 Å². The molecule has 0 bridgehead atoms. The number of halogens is 1. The lowest BCUT2D eigenvalue weighted by molar-refractivity contribution is 0.144. The summed E-state index contributed by atoms with van der Waals surface area (Å²) in [5.41, 5.74) is 2.85. The largest absolute Gasteiger partial charge is 0.511 e. The van der Waals surface area contributed by atoms with Crippen LogP contribution in [0.15, 0.2) is 42.9 Å². The molecule has 0 spiro atoms. The van der Waals surface area contributed by atoms with Crippen LogP contribution in [0.5, 0.6) is 5.75 Å². The fraction of sp³-hybridized carbons (Fsp3) is 0.250. The fourth-order valence-corrected chi connectivity index (χ4v) is 3.65. The SMILES string of the molecule is CC(C)Cn1ncc2cc(Cl)cc(Cc3ncc4cc(OC(=O)O)ccn34)c21. The van der Waals surface area contributed by atoms with Crippen LogP contribution < -0.4 is 4.74 Å². The van der Waals surface area contributed by atoms with E-state index in [4.69, 9.17) is 21.4 Å². The van der Waals surface area contributed by atoms with Gasteiger partial charge in [-0.1, -0.05) is 25.4 Å². The van der Waals surface area contributed by atoms with Gasteiger partial charge in [-0.05, 0) is 29.7 Å². The van der Waals surface area contributed by atoms with E-state index >= 15 is 0 Å². The zero-order valence-corrected chi connectivity index (χ0v) is 16.2. The molecule has 3 heterocycles. The molecule has 1 aromatic carbocycles. The zero-order chi connectivity index (χ0) is 19.8. The first-order valence-electron chi connectivity index (χ1n) is 8.91. The second kappa shape index (κ2) is 7.16. The molecule has 0 radical (unpaired) electrons. The molecule has 0 fully saturated rings. The Morgan fingerprint density at radius 1 is 1.29 bits per heavy atom. The van der Waals surface area contributed by atoms with Gasteiger partial charge in [-0.15, -0.1) is 0 Å². The molecule has 4 aromatic rings.